The smallest absolute Gasteiger partial charge is 0.0284 e. The molecule has 0 bridgehead atoms. The minimum Gasteiger partial charge on any atom is -0.0832 e. The Kier molecular flexibility index (Phi) is 2.04. The summed E-state index contributed by atoms with van der Waals surface area (Å²) < 4.78 is 0. The second-order valence-electron chi connectivity index (χ2n) is 4.96. The number of hydrogen-bond acceptors (Lipinski definition) is 0. The molecule has 0 aliphatic heterocycles. The van der Waals surface area contributed by atoms with Crippen molar-refractivity contribution in [2.45, 2.75) is 12.3 Å². The standard InChI is InChI=1S/C18H14/c1-2-7-13-8-6-12-17-15-10-5-4-9-14(15)16(11-3-1)18(13)17/h1-7,9-12,17H,8H2/b2-1-,3-1?,7-2?,11-3-,13-7?,16-11?. The van der Waals surface area contributed by atoms with Crippen molar-refractivity contribution in [3.05, 3.63) is 89.1 Å². The van der Waals surface area contributed by atoms with Gasteiger partial charge in [0.05, 0.1) is 0 Å². The van der Waals surface area contributed by atoms with Crippen LogP contribution in [0, 0.1) is 0 Å². The monoisotopic (exact) mass is 230 g/mol. The van der Waals surface area contributed by atoms with Crippen LogP contribution >= 0.6 is 0 Å². The van der Waals surface area contributed by atoms with E-state index in [2.05, 4.69) is 66.8 Å². The van der Waals surface area contributed by atoms with Crippen LogP contribution in [-0.4, -0.2) is 0 Å². The molecule has 0 spiro atoms. The summed E-state index contributed by atoms with van der Waals surface area (Å²) >= 11 is 0. The molecule has 0 heteroatoms. The van der Waals surface area contributed by atoms with E-state index in [0.29, 0.717) is 5.92 Å². The molecule has 0 fully saturated rings. The van der Waals surface area contributed by atoms with E-state index >= 15 is 0 Å². The van der Waals surface area contributed by atoms with E-state index in [1.165, 1.54) is 27.8 Å². The van der Waals surface area contributed by atoms with Gasteiger partial charge in [0.15, 0.2) is 0 Å². The second kappa shape index (κ2) is 3.71. The lowest BCUT2D eigenvalue weighted by Crippen LogP contribution is -2.03. The van der Waals surface area contributed by atoms with Gasteiger partial charge in [-0.2, -0.15) is 0 Å². The zero-order valence-electron chi connectivity index (χ0n) is 10.1. The highest BCUT2D eigenvalue weighted by Gasteiger charge is 2.31. The molecular formula is C18H14. The summed E-state index contributed by atoms with van der Waals surface area (Å²) in [4.78, 5) is 0. The Bertz CT molecular complexity index is 663. The van der Waals surface area contributed by atoms with Gasteiger partial charge in [-0.15, -0.1) is 0 Å². The van der Waals surface area contributed by atoms with Crippen LogP contribution in [0.2, 0.25) is 0 Å². The van der Waals surface area contributed by atoms with Crippen molar-refractivity contribution >= 4 is 5.57 Å². The maximum absolute atomic E-state index is 2.36. The van der Waals surface area contributed by atoms with Crippen molar-refractivity contribution in [3.8, 4) is 0 Å². The molecule has 18 heavy (non-hydrogen) atoms. The number of rotatable bonds is 0. The molecule has 3 aliphatic carbocycles. The van der Waals surface area contributed by atoms with Crippen LogP contribution in [0.15, 0.2) is 77.9 Å². The number of benzene rings is 1. The highest BCUT2D eigenvalue weighted by Crippen LogP contribution is 2.49. The first kappa shape index (κ1) is 9.90. The van der Waals surface area contributed by atoms with E-state index < -0.39 is 0 Å². The lowest BCUT2D eigenvalue weighted by atomic mass is 9.84. The zero-order valence-corrected chi connectivity index (χ0v) is 10.1. The zero-order chi connectivity index (χ0) is 11.9. The van der Waals surface area contributed by atoms with Crippen LogP contribution in [0.5, 0.6) is 0 Å². The van der Waals surface area contributed by atoms with Gasteiger partial charge in [0.1, 0.15) is 0 Å². The fourth-order valence-corrected chi connectivity index (χ4v) is 3.22. The summed E-state index contributed by atoms with van der Waals surface area (Å²) in [6.07, 6.45) is 16.7. The third kappa shape index (κ3) is 1.26. The lowest BCUT2D eigenvalue weighted by Gasteiger charge is -2.20. The fraction of sp³-hybridized carbons (Fsp3) is 0.111. The molecule has 4 rings (SSSR count). The van der Waals surface area contributed by atoms with Gasteiger partial charge in [-0.1, -0.05) is 66.8 Å². The summed E-state index contributed by atoms with van der Waals surface area (Å²) in [7, 11) is 0. The molecule has 1 unspecified atom stereocenters. The molecule has 86 valence electrons. The third-order valence-corrected chi connectivity index (χ3v) is 3.98. The fourth-order valence-electron chi connectivity index (χ4n) is 3.22. The Morgan fingerprint density at radius 1 is 1.00 bits per heavy atom. The van der Waals surface area contributed by atoms with E-state index in [-0.39, 0.29) is 0 Å². The quantitative estimate of drug-likeness (QED) is 0.573. The molecule has 0 saturated carbocycles. The van der Waals surface area contributed by atoms with Crippen LogP contribution in [0.3, 0.4) is 0 Å². The molecule has 1 aromatic carbocycles. The topological polar surface area (TPSA) is 0 Å². The molecule has 1 aromatic rings. The molecule has 0 heterocycles. The summed E-state index contributed by atoms with van der Waals surface area (Å²) in [6.45, 7) is 0. The lowest BCUT2D eigenvalue weighted by molar-refractivity contribution is 0.965. The van der Waals surface area contributed by atoms with Gasteiger partial charge in [0.2, 0.25) is 0 Å². The maximum Gasteiger partial charge on any atom is 0.0284 e. The third-order valence-electron chi connectivity index (χ3n) is 3.98. The number of fused-ring (bicyclic) bond motifs is 3. The Labute approximate surface area is 107 Å². The first-order valence-corrected chi connectivity index (χ1v) is 6.49. The van der Waals surface area contributed by atoms with Gasteiger partial charge >= 0.3 is 0 Å². The Morgan fingerprint density at radius 2 is 1.94 bits per heavy atom. The van der Waals surface area contributed by atoms with Gasteiger partial charge in [-0.3, -0.25) is 0 Å². The molecule has 0 nitrogen and oxygen atoms in total. The van der Waals surface area contributed by atoms with Crippen molar-refractivity contribution in [3.63, 3.8) is 0 Å². The average Bonchev–Trinajstić information content (AvgIpc) is 2.70. The average molecular weight is 230 g/mol. The van der Waals surface area contributed by atoms with Gasteiger partial charge in [-0.25, -0.2) is 0 Å². The van der Waals surface area contributed by atoms with Crippen LogP contribution in [0.4, 0.5) is 0 Å². The second-order valence-corrected chi connectivity index (χ2v) is 4.96. The van der Waals surface area contributed by atoms with Crippen LogP contribution in [-0.2, 0) is 0 Å². The predicted molar refractivity (Wildman–Crippen MR) is 76.2 cm³/mol. The van der Waals surface area contributed by atoms with Crippen molar-refractivity contribution in [1.82, 2.24) is 0 Å². The molecule has 0 amide bonds. The molecule has 3 aliphatic rings. The van der Waals surface area contributed by atoms with Crippen molar-refractivity contribution in [2.24, 2.45) is 0 Å². The summed E-state index contributed by atoms with van der Waals surface area (Å²) in [6, 6.07) is 8.79. The molecule has 0 saturated heterocycles. The maximum atomic E-state index is 2.36. The van der Waals surface area contributed by atoms with E-state index in [1.807, 2.05) is 0 Å². The predicted octanol–water partition coefficient (Wildman–Crippen LogP) is 4.55. The van der Waals surface area contributed by atoms with E-state index in [9.17, 15) is 0 Å². The highest BCUT2D eigenvalue weighted by molar-refractivity contribution is 5.89. The van der Waals surface area contributed by atoms with Gasteiger partial charge < -0.3 is 0 Å². The number of allylic oxidation sites excluding steroid dienone is 10. The largest absolute Gasteiger partial charge is 0.0832 e. The highest BCUT2D eigenvalue weighted by atomic mass is 14.3. The first-order chi connectivity index (χ1) is 8.95. The minimum atomic E-state index is 0.465. The Morgan fingerprint density at radius 3 is 2.94 bits per heavy atom. The number of hydrogen-bond donors (Lipinski definition) is 0. The SMILES string of the molecule is C1=CC2C3=C(/C=C\C=C/C=C3C1)c1ccccc12. The van der Waals surface area contributed by atoms with Crippen molar-refractivity contribution in [1.29, 1.82) is 0 Å². The minimum absolute atomic E-state index is 0.465. The molecular weight excluding hydrogens is 216 g/mol. The first-order valence-electron chi connectivity index (χ1n) is 6.49. The summed E-state index contributed by atoms with van der Waals surface area (Å²) in [5, 5.41) is 0. The van der Waals surface area contributed by atoms with Crippen molar-refractivity contribution in [2.75, 3.05) is 0 Å². The summed E-state index contributed by atoms with van der Waals surface area (Å²) in [5.41, 5.74) is 7.25. The molecule has 0 N–H and O–H groups in total. The van der Waals surface area contributed by atoms with Gasteiger partial charge in [0.25, 0.3) is 0 Å². The van der Waals surface area contributed by atoms with Gasteiger partial charge in [-0.05, 0) is 34.3 Å². The van der Waals surface area contributed by atoms with Crippen LogP contribution < -0.4 is 0 Å². The van der Waals surface area contributed by atoms with E-state index in [4.69, 9.17) is 0 Å². The Hall–Kier alpha value is -2.08. The van der Waals surface area contributed by atoms with E-state index in [1.54, 1.807) is 0 Å². The molecule has 1 atom stereocenters. The Balaban J connectivity index is 2.05. The van der Waals surface area contributed by atoms with Crippen LogP contribution in [0.1, 0.15) is 23.5 Å². The van der Waals surface area contributed by atoms with Crippen LogP contribution in [0.25, 0.3) is 5.57 Å². The molecule has 0 aromatic heterocycles. The van der Waals surface area contributed by atoms with Gasteiger partial charge in [0, 0.05) is 5.92 Å². The molecule has 0 radical (unpaired) electrons. The van der Waals surface area contributed by atoms with Crippen molar-refractivity contribution < 1.29 is 0 Å². The summed E-state index contributed by atoms with van der Waals surface area (Å²) in [5.74, 6) is 0.465. The normalized spacial score (nSPS) is 26.9. The van der Waals surface area contributed by atoms with E-state index in [0.717, 1.165) is 6.42 Å².